The van der Waals surface area contributed by atoms with Crippen molar-refractivity contribution in [1.82, 2.24) is 4.31 Å². The van der Waals surface area contributed by atoms with Gasteiger partial charge in [-0.1, -0.05) is 11.6 Å². The van der Waals surface area contributed by atoms with Crippen LogP contribution in [0.25, 0.3) is 0 Å². The number of hydrogen-bond acceptors (Lipinski definition) is 4. The number of nitrogens with zero attached hydrogens (tertiary/aromatic N) is 1. The maximum Gasteiger partial charge on any atom is 0.304 e. The first-order chi connectivity index (χ1) is 9.26. The van der Waals surface area contributed by atoms with Gasteiger partial charge in [0.2, 0.25) is 0 Å². The van der Waals surface area contributed by atoms with Crippen LogP contribution >= 0.6 is 11.6 Å². The van der Waals surface area contributed by atoms with Crippen LogP contribution in [0.4, 0.5) is 5.69 Å². The predicted octanol–water partition coefficient (Wildman–Crippen LogP) is 1.41. The van der Waals surface area contributed by atoms with Crippen molar-refractivity contribution in [3.63, 3.8) is 0 Å². The van der Waals surface area contributed by atoms with Gasteiger partial charge in [0.25, 0.3) is 0 Å². The van der Waals surface area contributed by atoms with Gasteiger partial charge in [-0.15, -0.1) is 0 Å². The topological polar surface area (TPSA) is 95.9 Å². The third kappa shape index (κ3) is 4.55. The highest BCUT2D eigenvalue weighted by Gasteiger charge is 2.18. The highest BCUT2D eigenvalue weighted by atomic mass is 35.5. The van der Waals surface area contributed by atoms with Gasteiger partial charge in [-0.05, 0) is 18.2 Å². The monoisotopic (exact) mass is 322 g/mol. The van der Waals surface area contributed by atoms with E-state index in [1.165, 1.54) is 32.4 Å². The lowest BCUT2D eigenvalue weighted by Gasteiger charge is -2.17. The van der Waals surface area contributed by atoms with E-state index in [0.717, 1.165) is 4.31 Å². The van der Waals surface area contributed by atoms with Gasteiger partial charge in [0, 0.05) is 13.6 Å². The second kappa shape index (κ2) is 6.78. The van der Waals surface area contributed by atoms with E-state index in [9.17, 15) is 13.2 Å². The largest absolute Gasteiger partial charge is 0.495 e. The number of carboxylic acid groups (broad SMARTS) is 1. The van der Waals surface area contributed by atoms with E-state index in [2.05, 4.69) is 4.72 Å². The number of ether oxygens (including phenoxy) is 1. The second-order valence-electron chi connectivity index (χ2n) is 3.92. The van der Waals surface area contributed by atoms with Crippen molar-refractivity contribution in [2.45, 2.75) is 6.42 Å². The zero-order valence-corrected chi connectivity index (χ0v) is 12.5. The van der Waals surface area contributed by atoms with Gasteiger partial charge >= 0.3 is 16.2 Å². The van der Waals surface area contributed by atoms with Crippen molar-refractivity contribution in [3.05, 3.63) is 23.2 Å². The van der Waals surface area contributed by atoms with E-state index in [4.69, 9.17) is 21.4 Å². The van der Waals surface area contributed by atoms with Crippen LogP contribution in [0.1, 0.15) is 6.42 Å². The Morgan fingerprint density at radius 1 is 1.50 bits per heavy atom. The molecule has 2 N–H and O–H groups in total. The van der Waals surface area contributed by atoms with E-state index in [1.54, 1.807) is 0 Å². The van der Waals surface area contributed by atoms with Gasteiger partial charge in [-0.2, -0.15) is 12.7 Å². The molecule has 0 bridgehead atoms. The Morgan fingerprint density at radius 3 is 2.65 bits per heavy atom. The maximum atomic E-state index is 11.9. The van der Waals surface area contributed by atoms with Gasteiger partial charge in [-0.25, -0.2) is 0 Å². The number of nitrogens with one attached hydrogen (secondary N) is 1. The Balaban J connectivity index is 2.80. The number of rotatable bonds is 7. The molecule has 0 spiro atoms. The van der Waals surface area contributed by atoms with Crippen molar-refractivity contribution in [1.29, 1.82) is 0 Å². The molecule has 20 heavy (non-hydrogen) atoms. The fraction of sp³-hybridized carbons (Fsp3) is 0.364. The third-order valence-corrected chi connectivity index (χ3v) is 4.24. The van der Waals surface area contributed by atoms with Crippen molar-refractivity contribution in [2.75, 3.05) is 25.4 Å². The first-order valence-electron chi connectivity index (χ1n) is 5.55. The molecule has 0 aliphatic carbocycles. The summed E-state index contributed by atoms with van der Waals surface area (Å²) in [5, 5.41) is 8.80. The van der Waals surface area contributed by atoms with Crippen molar-refractivity contribution in [2.24, 2.45) is 0 Å². The molecule has 112 valence electrons. The van der Waals surface area contributed by atoms with E-state index >= 15 is 0 Å². The highest BCUT2D eigenvalue weighted by molar-refractivity contribution is 7.90. The number of hydrogen-bond donors (Lipinski definition) is 2. The molecular weight excluding hydrogens is 308 g/mol. The summed E-state index contributed by atoms with van der Waals surface area (Å²) >= 11 is 5.89. The normalized spacial score (nSPS) is 11.4. The molecule has 0 saturated heterocycles. The molecule has 0 aromatic heterocycles. The molecular formula is C11H15ClN2O5S. The summed E-state index contributed by atoms with van der Waals surface area (Å²) in [5.41, 5.74) is 0.262. The van der Waals surface area contributed by atoms with Crippen LogP contribution in [-0.2, 0) is 15.0 Å². The lowest BCUT2D eigenvalue weighted by atomic mass is 10.3. The van der Waals surface area contributed by atoms with Gasteiger partial charge in [0.05, 0.1) is 24.2 Å². The average molecular weight is 323 g/mol. The lowest BCUT2D eigenvalue weighted by Crippen LogP contribution is -2.34. The third-order valence-electron chi connectivity index (χ3n) is 2.45. The molecule has 0 unspecified atom stereocenters. The minimum Gasteiger partial charge on any atom is -0.495 e. The molecule has 0 fully saturated rings. The van der Waals surface area contributed by atoms with E-state index in [0.29, 0.717) is 5.75 Å². The number of methoxy groups -OCH3 is 1. The molecule has 0 atom stereocenters. The summed E-state index contributed by atoms with van der Waals surface area (Å²) in [6.07, 6.45) is -0.277. The van der Waals surface area contributed by atoms with Crippen LogP contribution in [0.5, 0.6) is 5.75 Å². The molecule has 0 amide bonds. The summed E-state index contributed by atoms with van der Waals surface area (Å²) in [4.78, 5) is 10.4. The maximum absolute atomic E-state index is 11.9. The smallest absolute Gasteiger partial charge is 0.304 e. The number of benzene rings is 1. The Kier molecular flexibility index (Phi) is 5.61. The zero-order valence-electron chi connectivity index (χ0n) is 11.0. The Hall–Kier alpha value is -1.51. The van der Waals surface area contributed by atoms with Gasteiger partial charge in [-0.3, -0.25) is 9.52 Å². The number of carboxylic acids is 1. The quantitative estimate of drug-likeness (QED) is 0.791. The molecule has 9 heteroatoms. The highest BCUT2D eigenvalue weighted by Crippen LogP contribution is 2.27. The van der Waals surface area contributed by atoms with E-state index < -0.39 is 16.2 Å². The number of anilines is 1. The summed E-state index contributed by atoms with van der Waals surface area (Å²) < 4.78 is 32.0. The standard InChI is InChI=1S/C11H15ClN2O5S/c1-14(6-5-11(15)16)20(17,18)13-8-3-4-10(19-2)9(12)7-8/h3-4,7,13H,5-6H2,1-2H3,(H,15,16). The van der Waals surface area contributed by atoms with Crippen LogP contribution < -0.4 is 9.46 Å². The van der Waals surface area contributed by atoms with E-state index in [1.807, 2.05) is 0 Å². The van der Waals surface area contributed by atoms with Crippen molar-refractivity contribution in [3.8, 4) is 5.75 Å². The summed E-state index contributed by atoms with van der Waals surface area (Å²) in [6, 6.07) is 4.42. The van der Waals surface area contributed by atoms with Crippen LogP contribution in [0, 0.1) is 0 Å². The van der Waals surface area contributed by atoms with Crippen LogP contribution in [0.3, 0.4) is 0 Å². The van der Waals surface area contributed by atoms with Gasteiger partial charge in [0.15, 0.2) is 0 Å². The molecule has 1 rings (SSSR count). The molecule has 0 saturated carbocycles. The molecule has 0 heterocycles. The molecule has 0 aliphatic heterocycles. The summed E-state index contributed by atoms with van der Waals surface area (Å²) in [6.45, 7) is -0.130. The fourth-order valence-corrected chi connectivity index (χ4v) is 2.50. The fourth-order valence-electron chi connectivity index (χ4n) is 1.33. The molecule has 0 aliphatic rings. The van der Waals surface area contributed by atoms with Gasteiger partial charge < -0.3 is 9.84 Å². The average Bonchev–Trinajstić information content (AvgIpc) is 2.35. The second-order valence-corrected chi connectivity index (χ2v) is 6.11. The first-order valence-corrected chi connectivity index (χ1v) is 7.37. The zero-order chi connectivity index (χ0) is 15.3. The predicted molar refractivity (Wildman–Crippen MR) is 75.4 cm³/mol. The molecule has 1 aromatic rings. The minimum absolute atomic E-state index is 0.130. The lowest BCUT2D eigenvalue weighted by molar-refractivity contribution is -0.137. The number of aliphatic carboxylic acids is 1. The number of halogens is 1. The Bertz CT molecular complexity index is 590. The van der Waals surface area contributed by atoms with Gasteiger partial charge in [0.1, 0.15) is 5.75 Å². The molecule has 1 aromatic carbocycles. The van der Waals surface area contributed by atoms with Crippen LogP contribution in [0.15, 0.2) is 18.2 Å². The first kappa shape index (κ1) is 16.5. The van der Waals surface area contributed by atoms with Crippen molar-refractivity contribution < 1.29 is 23.1 Å². The molecule has 0 radical (unpaired) electrons. The van der Waals surface area contributed by atoms with Crippen LogP contribution in [-0.4, -0.2) is 44.5 Å². The summed E-state index contributed by atoms with van der Waals surface area (Å²) in [5.74, 6) is -0.645. The minimum atomic E-state index is -3.82. The van der Waals surface area contributed by atoms with Crippen LogP contribution in [0.2, 0.25) is 5.02 Å². The number of carbonyl (C=O) groups is 1. The molecule has 7 nitrogen and oxygen atoms in total. The SMILES string of the molecule is COc1ccc(NS(=O)(=O)N(C)CCC(=O)O)cc1Cl. The Labute approximate surface area is 122 Å². The van der Waals surface area contributed by atoms with Crippen molar-refractivity contribution >= 4 is 33.5 Å². The Morgan fingerprint density at radius 2 is 2.15 bits per heavy atom. The van der Waals surface area contributed by atoms with E-state index in [-0.39, 0.29) is 23.7 Å². The summed E-state index contributed by atoms with van der Waals surface area (Å²) in [7, 11) is -1.09.